The number of hydrogen-bond donors (Lipinski definition) is 0. The van der Waals surface area contributed by atoms with Crippen molar-refractivity contribution in [1.82, 2.24) is 5.01 Å². The molecule has 14 heteroatoms. The fourth-order valence-corrected chi connectivity index (χ4v) is 4.95. The van der Waals surface area contributed by atoms with Gasteiger partial charge in [-0.1, -0.05) is 24.6 Å². The predicted octanol–water partition coefficient (Wildman–Crippen LogP) is 7.66. The van der Waals surface area contributed by atoms with Gasteiger partial charge in [-0.2, -0.15) is 30.0 Å². The molecule has 1 aliphatic heterocycles. The molecular weight excluding hydrogens is 572 g/mol. The lowest BCUT2D eigenvalue weighted by Gasteiger charge is -2.29. The number of nitrogens with zero attached hydrogens (tertiary/aromatic N) is 3. The van der Waals surface area contributed by atoms with E-state index in [-0.39, 0.29) is 19.0 Å². The maximum Gasteiger partial charge on any atom is 0.573 e. The van der Waals surface area contributed by atoms with E-state index in [4.69, 9.17) is 16.3 Å². The number of benzene rings is 2. The third kappa shape index (κ3) is 7.73. The third-order valence-corrected chi connectivity index (χ3v) is 7.02. The minimum absolute atomic E-state index is 0.115. The number of thioether (sulfide) groups is 1. The number of halogens is 7. The van der Waals surface area contributed by atoms with Crippen LogP contribution >= 0.6 is 23.4 Å². The van der Waals surface area contributed by atoms with Gasteiger partial charge in [-0.15, -0.1) is 13.2 Å². The van der Waals surface area contributed by atoms with Crippen LogP contribution in [0.2, 0.25) is 5.02 Å². The number of carbonyl (C=O) groups is 1. The maximum atomic E-state index is 13.6. The lowest BCUT2D eigenvalue weighted by atomic mass is 9.78. The molecule has 0 saturated heterocycles. The summed E-state index contributed by atoms with van der Waals surface area (Å²) in [7, 11) is 1.34. The summed E-state index contributed by atoms with van der Waals surface area (Å²) in [6, 6.07) is 7.39. The molecule has 2 amide bonds. The Kier molecular flexibility index (Phi) is 9.71. The summed E-state index contributed by atoms with van der Waals surface area (Å²) in [6.45, 7) is 1.74. The predicted molar refractivity (Wildman–Crippen MR) is 138 cm³/mol. The SMILES string of the molecule is COCN(C(=O)N1CC(C)(CCCSC)C(c2ccc(C(F)(F)F)c(Cl)c2)=N1)c1ccc(OC(F)(F)F)cc1. The molecule has 0 radical (unpaired) electrons. The van der Waals surface area contributed by atoms with Crippen LogP contribution in [0.4, 0.5) is 36.8 Å². The summed E-state index contributed by atoms with van der Waals surface area (Å²) in [5, 5.41) is 5.20. The number of hydrogen-bond acceptors (Lipinski definition) is 5. The van der Waals surface area contributed by atoms with Crippen molar-refractivity contribution in [2.45, 2.75) is 32.3 Å². The molecule has 1 aliphatic rings. The number of ether oxygens (including phenoxy) is 2. The second kappa shape index (κ2) is 12.3. The van der Waals surface area contributed by atoms with Gasteiger partial charge in [-0.05, 0) is 66.8 Å². The van der Waals surface area contributed by atoms with Gasteiger partial charge in [0, 0.05) is 18.2 Å². The molecule has 0 N–H and O–H groups in total. The largest absolute Gasteiger partial charge is 0.573 e. The summed E-state index contributed by atoms with van der Waals surface area (Å²) < 4.78 is 86.4. The van der Waals surface area contributed by atoms with E-state index in [9.17, 15) is 31.1 Å². The monoisotopic (exact) mass is 597 g/mol. The molecule has 6 nitrogen and oxygen atoms in total. The Morgan fingerprint density at radius 1 is 1.15 bits per heavy atom. The zero-order chi connectivity index (χ0) is 29.0. The Balaban J connectivity index is 1.95. The second-order valence-corrected chi connectivity index (χ2v) is 10.4. The van der Waals surface area contributed by atoms with Crippen molar-refractivity contribution in [2.75, 3.05) is 37.3 Å². The minimum Gasteiger partial charge on any atom is -0.406 e. The molecule has 39 heavy (non-hydrogen) atoms. The van der Waals surface area contributed by atoms with Crippen LogP contribution in [0.15, 0.2) is 47.6 Å². The first-order chi connectivity index (χ1) is 18.2. The van der Waals surface area contributed by atoms with Gasteiger partial charge in [-0.3, -0.25) is 4.90 Å². The molecular formula is C25H26ClF6N3O3S. The van der Waals surface area contributed by atoms with E-state index in [0.29, 0.717) is 17.7 Å². The molecule has 0 spiro atoms. The fourth-order valence-electron chi connectivity index (χ4n) is 4.23. The molecule has 3 rings (SSSR count). The topological polar surface area (TPSA) is 54.4 Å². The zero-order valence-electron chi connectivity index (χ0n) is 21.2. The van der Waals surface area contributed by atoms with Crippen molar-refractivity contribution in [2.24, 2.45) is 10.5 Å². The van der Waals surface area contributed by atoms with Crippen LogP contribution in [0.25, 0.3) is 0 Å². The molecule has 1 heterocycles. The van der Waals surface area contributed by atoms with Crippen molar-refractivity contribution in [1.29, 1.82) is 0 Å². The van der Waals surface area contributed by atoms with Crippen LogP contribution in [0, 0.1) is 5.41 Å². The van der Waals surface area contributed by atoms with Crippen LogP contribution in [-0.4, -0.2) is 55.5 Å². The highest BCUT2D eigenvalue weighted by molar-refractivity contribution is 7.98. The summed E-state index contributed by atoms with van der Waals surface area (Å²) in [4.78, 5) is 14.7. The first-order valence-corrected chi connectivity index (χ1v) is 13.3. The van der Waals surface area contributed by atoms with Crippen LogP contribution in [0.1, 0.15) is 30.9 Å². The Hall–Kier alpha value is -2.64. The molecule has 1 atom stereocenters. The minimum atomic E-state index is -4.87. The smallest absolute Gasteiger partial charge is 0.406 e. The molecule has 1 unspecified atom stereocenters. The standard InChI is InChI=1S/C25H26ClF6N3O3S/c1-23(11-4-12-39-3)14-35(33-21(23)16-5-10-19(20(26)13-16)24(27,28)29)22(36)34(15-37-2)17-6-8-18(9-7-17)38-25(30,31)32/h5-10,13H,4,11-12,14-15H2,1-3H3. The van der Waals surface area contributed by atoms with Gasteiger partial charge >= 0.3 is 18.6 Å². The van der Waals surface area contributed by atoms with Crippen molar-refractivity contribution < 1.29 is 40.6 Å². The number of alkyl halides is 6. The lowest BCUT2D eigenvalue weighted by Crippen LogP contribution is -2.43. The Morgan fingerprint density at radius 2 is 1.82 bits per heavy atom. The number of urea groups is 1. The van der Waals surface area contributed by atoms with Gasteiger partial charge in [0.25, 0.3) is 0 Å². The lowest BCUT2D eigenvalue weighted by molar-refractivity contribution is -0.274. The van der Waals surface area contributed by atoms with Crippen molar-refractivity contribution >= 4 is 40.8 Å². The Morgan fingerprint density at radius 3 is 2.36 bits per heavy atom. The van der Waals surface area contributed by atoms with E-state index < -0.39 is 40.3 Å². The van der Waals surface area contributed by atoms with E-state index in [0.717, 1.165) is 30.4 Å². The molecule has 2 aromatic rings. The van der Waals surface area contributed by atoms with Gasteiger partial charge in [0.05, 0.1) is 22.8 Å². The Labute approximate surface area is 230 Å². The summed E-state index contributed by atoms with van der Waals surface area (Å²) in [5.41, 5.74) is -0.715. The highest BCUT2D eigenvalue weighted by Crippen LogP contribution is 2.40. The first-order valence-electron chi connectivity index (χ1n) is 11.6. The number of hydrazone groups is 1. The maximum absolute atomic E-state index is 13.6. The number of carbonyl (C=O) groups excluding carboxylic acids is 1. The molecule has 0 saturated carbocycles. The van der Waals surface area contributed by atoms with Crippen LogP contribution in [0.5, 0.6) is 5.75 Å². The van der Waals surface area contributed by atoms with Crippen molar-refractivity contribution in [3.05, 3.63) is 58.6 Å². The van der Waals surface area contributed by atoms with Gasteiger partial charge in [-0.25, -0.2) is 9.80 Å². The first kappa shape index (κ1) is 30.9. The summed E-state index contributed by atoms with van der Waals surface area (Å²) >= 11 is 7.61. The van der Waals surface area contributed by atoms with E-state index in [1.807, 2.05) is 13.2 Å². The van der Waals surface area contributed by atoms with Gasteiger partial charge < -0.3 is 9.47 Å². The van der Waals surface area contributed by atoms with Crippen molar-refractivity contribution in [3.63, 3.8) is 0 Å². The van der Waals surface area contributed by atoms with Crippen LogP contribution < -0.4 is 9.64 Å². The molecule has 0 fully saturated rings. The molecule has 0 aliphatic carbocycles. The average molecular weight is 598 g/mol. The Bertz CT molecular complexity index is 1190. The second-order valence-electron chi connectivity index (χ2n) is 9.03. The van der Waals surface area contributed by atoms with Crippen LogP contribution in [-0.2, 0) is 10.9 Å². The van der Waals surface area contributed by atoms with Crippen molar-refractivity contribution in [3.8, 4) is 5.75 Å². The van der Waals surface area contributed by atoms with E-state index in [1.165, 1.54) is 41.3 Å². The van der Waals surface area contributed by atoms with E-state index in [2.05, 4.69) is 9.84 Å². The van der Waals surface area contributed by atoms with Gasteiger partial charge in [0.2, 0.25) is 0 Å². The molecule has 0 aromatic heterocycles. The quantitative estimate of drug-likeness (QED) is 0.169. The van der Waals surface area contributed by atoms with Crippen LogP contribution in [0.3, 0.4) is 0 Å². The van der Waals surface area contributed by atoms with E-state index >= 15 is 0 Å². The number of anilines is 1. The average Bonchev–Trinajstić information content (AvgIpc) is 3.18. The third-order valence-electron chi connectivity index (χ3n) is 6.01. The molecule has 0 bridgehead atoms. The number of amides is 2. The highest BCUT2D eigenvalue weighted by atomic mass is 35.5. The zero-order valence-corrected chi connectivity index (χ0v) is 22.8. The highest BCUT2D eigenvalue weighted by Gasteiger charge is 2.43. The summed E-state index contributed by atoms with van der Waals surface area (Å²) in [5.74, 6) is 0.366. The van der Waals surface area contributed by atoms with Gasteiger partial charge in [0.15, 0.2) is 0 Å². The number of methoxy groups -OCH3 is 1. The molecule has 2 aromatic carbocycles. The van der Waals surface area contributed by atoms with E-state index in [1.54, 1.807) is 11.8 Å². The summed E-state index contributed by atoms with van der Waals surface area (Å²) in [6.07, 6.45) is -6.20. The fraction of sp³-hybridized carbons (Fsp3) is 0.440. The molecule has 214 valence electrons. The number of rotatable bonds is 9. The normalized spacial score (nSPS) is 17.8. The van der Waals surface area contributed by atoms with Gasteiger partial charge in [0.1, 0.15) is 12.5 Å².